The van der Waals surface area contributed by atoms with Gasteiger partial charge in [0.15, 0.2) is 5.13 Å². The molecular weight excluding hydrogens is 314 g/mol. The summed E-state index contributed by atoms with van der Waals surface area (Å²) in [6, 6.07) is 0. The van der Waals surface area contributed by atoms with Crippen LogP contribution in [-0.4, -0.2) is 37.1 Å². The first kappa shape index (κ1) is 17.7. The molecule has 1 heterocycles. The fourth-order valence-electron chi connectivity index (χ4n) is 1.42. The Morgan fingerprint density at radius 3 is 2.52 bits per heavy atom. The van der Waals surface area contributed by atoms with E-state index in [1.165, 1.54) is 0 Å². The van der Waals surface area contributed by atoms with E-state index in [1.54, 1.807) is 0 Å². The van der Waals surface area contributed by atoms with Crippen LogP contribution in [0.15, 0.2) is 0 Å². The Balaban J connectivity index is 2.58. The van der Waals surface area contributed by atoms with Crippen LogP contribution in [0, 0.1) is 0 Å². The molecule has 0 aromatic carbocycles. The molecule has 120 valence electrons. The fourth-order valence-corrected chi connectivity index (χ4v) is 2.98. The highest BCUT2D eigenvalue weighted by molar-refractivity contribution is 7.89. The van der Waals surface area contributed by atoms with Crippen molar-refractivity contribution in [1.82, 2.24) is 10.3 Å². The Morgan fingerprint density at radius 2 is 2.00 bits per heavy atom. The Bertz CT molecular complexity index is 604. The van der Waals surface area contributed by atoms with Gasteiger partial charge in [0.05, 0.1) is 5.75 Å². The number of hydrogen-bond acceptors (Lipinski definition) is 7. The van der Waals surface area contributed by atoms with Gasteiger partial charge in [-0.05, 0) is 27.2 Å². The smallest absolute Gasteiger partial charge is 0.265 e. The minimum absolute atomic E-state index is 0.149. The molecule has 10 heteroatoms. The number of rotatable bonds is 6. The number of primary sulfonamides is 1. The van der Waals surface area contributed by atoms with E-state index in [9.17, 15) is 13.2 Å². The Kier molecular flexibility index (Phi) is 5.54. The molecule has 1 aromatic rings. The lowest BCUT2D eigenvalue weighted by Crippen LogP contribution is -2.27. The van der Waals surface area contributed by atoms with Crippen molar-refractivity contribution in [1.29, 1.82) is 0 Å². The lowest BCUT2D eigenvalue weighted by molar-refractivity contribution is 0.0958. The van der Waals surface area contributed by atoms with Crippen molar-refractivity contribution in [3.05, 3.63) is 4.88 Å². The third-order valence-electron chi connectivity index (χ3n) is 2.23. The van der Waals surface area contributed by atoms with Crippen LogP contribution in [0.1, 0.15) is 36.9 Å². The number of hydrogen-bond donors (Lipinski definition) is 4. The average molecular weight is 335 g/mol. The van der Waals surface area contributed by atoms with Gasteiger partial charge < -0.3 is 16.4 Å². The van der Waals surface area contributed by atoms with Crippen LogP contribution in [0.25, 0.3) is 0 Å². The Morgan fingerprint density at radius 1 is 1.38 bits per heavy atom. The number of carbonyl (C=O) groups excluding carboxylic acids is 1. The number of anilines is 2. The van der Waals surface area contributed by atoms with E-state index >= 15 is 0 Å². The van der Waals surface area contributed by atoms with E-state index in [4.69, 9.17) is 10.9 Å². The monoisotopic (exact) mass is 335 g/mol. The van der Waals surface area contributed by atoms with Crippen LogP contribution in [-0.2, 0) is 10.0 Å². The molecule has 0 fully saturated rings. The third kappa shape index (κ3) is 6.74. The lowest BCUT2D eigenvalue weighted by Gasteiger charge is -2.19. The second-order valence-electron chi connectivity index (χ2n) is 5.58. The molecule has 0 saturated heterocycles. The highest BCUT2D eigenvalue weighted by Gasteiger charge is 2.19. The van der Waals surface area contributed by atoms with E-state index in [1.807, 2.05) is 20.8 Å². The predicted molar refractivity (Wildman–Crippen MR) is 84.8 cm³/mol. The molecule has 21 heavy (non-hydrogen) atoms. The molecule has 1 rings (SSSR count). The Labute approximate surface area is 128 Å². The molecule has 0 unspecified atom stereocenters. The molecule has 0 spiro atoms. The SMILES string of the molecule is CC(C)(C)Nc1nc(N)c(C(=O)NCCCS(N)(=O)=O)s1. The Hall–Kier alpha value is -1.39. The summed E-state index contributed by atoms with van der Waals surface area (Å²) in [7, 11) is -3.51. The third-order valence-corrected chi connectivity index (χ3v) is 4.08. The second kappa shape index (κ2) is 6.58. The standard InChI is InChI=1S/C11H21N5O3S2/c1-11(2,3)16-10-15-8(12)7(20-10)9(17)14-5-4-6-21(13,18)19/h4-6,12H2,1-3H3,(H,14,17)(H,15,16)(H2,13,18,19). The molecule has 0 saturated carbocycles. The van der Waals surface area contributed by atoms with Gasteiger partial charge in [-0.1, -0.05) is 11.3 Å². The molecule has 0 atom stereocenters. The molecule has 1 amide bonds. The van der Waals surface area contributed by atoms with Gasteiger partial charge in [0.1, 0.15) is 10.7 Å². The van der Waals surface area contributed by atoms with Crippen molar-refractivity contribution in [2.75, 3.05) is 23.3 Å². The molecule has 0 aliphatic carbocycles. The summed E-state index contributed by atoms with van der Waals surface area (Å²) in [6.45, 7) is 6.11. The summed E-state index contributed by atoms with van der Waals surface area (Å²) in [5.74, 6) is -0.403. The zero-order valence-corrected chi connectivity index (χ0v) is 13.9. The number of aromatic nitrogens is 1. The van der Waals surface area contributed by atoms with Crippen molar-refractivity contribution in [2.45, 2.75) is 32.7 Å². The molecule has 8 nitrogen and oxygen atoms in total. The molecular formula is C11H21N5O3S2. The normalized spacial score (nSPS) is 12.2. The molecule has 0 aliphatic rings. The highest BCUT2D eigenvalue weighted by atomic mass is 32.2. The van der Waals surface area contributed by atoms with E-state index in [-0.39, 0.29) is 36.0 Å². The minimum Gasteiger partial charge on any atom is -0.382 e. The molecule has 6 N–H and O–H groups in total. The number of nitrogens with two attached hydrogens (primary N) is 2. The minimum atomic E-state index is -3.51. The van der Waals surface area contributed by atoms with Gasteiger partial charge in [-0.3, -0.25) is 4.79 Å². The number of nitrogen functional groups attached to an aromatic ring is 1. The summed E-state index contributed by atoms with van der Waals surface area (Å²) in [5, 5.41) is 11.2. The average Bonchev–Trinajstić information content (AvgIpc) is 2.61. The van der Waals surface area contributed by atoms with Gasteiger partial charge in [0.25, 0.3) is 5.91 Å². The van der Waals surface area contributed by atoms with E-state index in [0.29, 0.717) is 10.0 Å². The second-order valence-corrected chi connectivity index (χ2v) is 8.32. The lowest BCUT2D eigenvalue weighted by atomic mass is 10.1. The summed E-state index contributed by atoms with van der Waals surface area (Å²) in [4.78, 5) is 16.3. The van der Waals surface area contributed by atoms with Crippen LogP contribution >= 0.6 is 11.3 Å². The maximum atomic E-state index is 11.9. The summed E-state index contributed by atoms with van der Waals surface area (Å²) in [5.41, 5.74) is 5.53. The number of sulfonamides is 1. The first-order valence-electron chi connectivity index (χ1n) is 6.31. The summed E-state index contributed by atoms with van der Waals surface area (Å²) in [6.07, 6.45) is 0.246. The van der Waals surface area contributed by atoms with Crippen LogP contribution in [0.2, 0.25) is 0 Å². The molecule has 0 aliphatic heterocycles. The first-order valence-corrected chi connectivity index (χ1v) is 8.84. The van der Waals surface area contributed by atoms with E-state index in [0.717, 1.165) is 11.3 Å². The maximum absolute atomic E-state index is 11.9. The summed E-state index contributed by atoms with van der Waals surface area (Å²) < 4.78 is 21.5. The first-order chi connectivity index (χ1) is 9.48. The highest BCUT2D eigenvalue weighted by Crippen LogP contribution is 2.26. The van der Waals surface area contributed by atoms with E-state index in [2.05, 4.69) is 15.6 Å². The molecule has 0 radical (unpaired) electrons. The van der Waals surface area contributed by atoms with Crippen LogP contribution in [0.3, 0.4) is 0 Å². The van der Waals surface area contributed by atoms with Crippen LogP contribution < -0.4 is 21.5 Å². The summed E-state index contributed by atoms with van der Waals surface area (Å²) >= 11 is 1.16. The zero-order valence-electron chi connectivity index (χ0n) is 12.3. The van der Waals surface area contributed by atoms with Crippen molar-refractivity contribution in [3.63, 3.8) is 0 Å². The van der Waals surface area contributed by atoms with Gasteiger partial charge in [-0.15, -0.1) is 0 Å². The number of nitrogens with one attached hydrogen (secondary N) is 2. The maximum Gasteiger partial charge on any atom is 0.265 e. The van der Waals surface area contributed by atoms with Crippen LogP contribution in [0.5, 0.6) is 0 Å². The van der Waals surface area contributed by atoms with Gasteiger partial charge in [-0.25, -0.2) is 18.5 Å². The van der Waals surface area contributed by atoms with E-state index < -0.39 is 10.0 Å². The topological polar surface area (TPSA) is 140 Å². The fraction of sp³-hybridized carbons (Fsp3) is 0.636. The van der Waals surface area contributed by atoms with Crippen molar-refractivity contribution in [2.24, 2.45) is 5.14 Å². The van der Waals surface area contributed by atoms with Crippen molar-refractivity contribution in [3.8, 4) is 0 Å². The van der Waals surface area contributed by atoms with Crippen molar-refractivity contribution >= 4 is 38.2 Å². The molecule has 0 bridgehead atoms. The molecule has 1 aromatic heterocycles. The number of nitrogens with zero attached hydrogens (tertiary/aromatic N) is 1. The van der Waals surface area contributed by atoms with Gasteiger partial charge in [0, 0.05) is 12.1 Å². The predicted octanol–water partition coefficient (Wildman–Crippen LogP) is 0.344. The van der Waals surface area contributed by atoms with Gasteiger partial charge >= 0.3 is 0 Å². The number of carbonyl (C=O) groups is 1. The number of amides is 1. The largest absolute Gasteiger partial charge is 0.382 e. The van der Waals surface area contributed by atoms with Gasteiger partial charge in [0.2, 0.25) is 10.0 Å². The quantitative estimate of drug-likeness (QED) is 0.553. The zero-order chi connectivity index (χ0) is 16.3. The van der Waals surface area contributed by atoms with Crippen LogP contribution in [0.4, 0.5) is 10.9 Å². The number of thiazole rings is 1. The van der Waals surface area contributed by atoms with Gasteiger partial charge in [-0.2, -0.15) is 0 Å². The van der Waals surface area contributed by atoms with Crippen molar-refractivity contribution < 1.29 is 13.2 Å².